The van der Waals surface area contributed by atoms with E-state index in [9.17, 15) is 13.2 Å². The molecule has 0 spiro atoms. The van der Waals surface area contributed by atoms with Crippen LogP contribution in [0.2, 0.25) is 0 Å². The Morgan fingerprint density at radius 2 is 1.90 bits per heavy atom. The van der Waals surface area contributed by atoms with E-state index in [2.05, 4.69) is 20.8 Å². The van der Waals surface area contributed by atoms with E-state index < -0.39 is 10.2 Å². The summed E-state index contributed by atoms with van der Waals surface area (Å²) in [6.07, 6.45) is 7.33. The van der Waals surface area contributed by atoms with Crippen LogP contribution in [0.25, 0.3) is 0 Å². The first kappa shape index (κ1) is 22.4. The minimum absolute atomic E-state index is 0.0897. The largest absolute Gasteiger partial charge is 0.294 e. The molecule has 1 aromatic rings. The van der Waals surface area contributed by atoms with E-state index >= 15 is 0 Å². The van der Waals surface area contributed by atoms with Crippen LogP contribution in [0.15, 0.2) is 0 Å². The Labute approximate surface area is 175 Å². The van der Waals surface area contributed by atoms with Crippen LogP contribution in [-0.2, 0) is 23.2 Å². The van der Waals surface area contributed by atoms with E-state index in [1.54, 1.807) is 14.1 Å². The third-order valence-corrected chi connectivity index (χ3v) is 8.10. The van der Waals surface area contributed by atoms with Crippen LogP contribution in [0, 0.1) is 5.41 Å². The zero-order chi connectivity index (χ0) is 21.4. The molecule has 0 aromatic carbocycles. The molecule has 2 heterocycles. The molecule has 0 bridgehead atoms. The van der Waals surface area contributed by atoms with Crippen LogP contribution in [0.3, 0.4) is 0 Å². The summed E-state index contributed by atoms with van der Waals surface area (Å²) in [5.41, 5.74) is 2.30. The van der Waals surface area contributed by atoms with E-state index in [4.69, 9.17) is 5.10 Å². The summed E-state index contributed by atoms with van der Waals surface area (Å²) in [4.78, 5) is 13.1. The van der Waals surface area contributed by atoms with Crippen molar-refractivity contribution in [1.82, 2.24) is 18.4 Å². The number of carbonyl (C=O) groups is 1. The molecule has 1 aliphatic heterocycles. The highest BCUT2D eigenvalue weighted by molar-refractivity contribution is 7.86. The molecule has 1 aromatic heterocycles. The number of rotatable bonds is 8. The molecular weight excluding hydrogens is 388 g/mol. The molecule has 0 amide bonds. The topological polar surface area (TPSA) is 75.5 Å². The van der Waals surface area contributed by atoms with Gasteiger partial charge >= 0.3 is 0 Å². The van der Waals surface area contributed by atoms with Gasteiger partial charge in [0.25, 0.3) is 10.2 Å². The van der Waals surface area contributed by atoms with Crippen molar-refractivity contribution in [2.24, 2.45) is 5.41 Å². The highest BCUT2D eigenvalue weighted by atomic mass is 32.2. The number of unbranched alkanes of at least 4 members (excludes halogenated alkanes) is 3. The minimum Gasteiger partial charge on any atom is -0.294 e. The molecule has 0 saturated carbocycles. The van der Waals surface area contributed by atoms with Crippen molar-refractivity contribution in [3.05, 3.63) is 17.0 Å². The van der Waals surface area contributed by atoms with Crippen LogP contribution in [0.4, 0.5) is 0 Å². The Morgan fingerprint density at radius 3 is 2.55 bits per heavy atom. The van der Waals surface area contributed by atoms with Crippen LogP contribution in [-0.4, -0.2) is 53.2 Å². The summed E-state index contributed by atoms with van der Waals surface area (Å²) in [6, 6.07) is -0.349. The van der Waals surface area contributed by atoms with Gasteiger partial charge in [-0.1, -0.05) is 40.0 Å². The highest BCUT2D eigenvalue weighted by Gasteiger charge is 2.43. The molecule has 0 N–H and O–H groups in total. The van der Waals surface area contributed by atoms with Crippen molar-refractivity contribution >= 4 is 16.0 Å². The van der Waals surface area contributed by atoms with Gasteiger partial charge in [0.05, 0.1) is 23.0 Å². The van der Waals surface area contributed by atoms with Crippen molar-refractivity contribution < 1.29 is 13.2 Å². The van der Waals surface area contributed by atoms with Crippen molar-refractivity contribution in [3.8, 4) is 0 Å². The van der Waals surface area contributed by atoms with Gasteiger partial charge in [-0.05, 0) is 31.1 Å². The number of aromatic nitrogens is 2. The number of ketones is 1. The summed E-state index contributed by atoms with van der Waals surface area (Å²) in [7, 11) is -0.438. The lowest BCUT2D eigenvalue weighted by Crippen LogP contribution is -2.40. The molecule has 0 unspecified atom stereocenters. The Hall–Kier alpha value is -1.25. The highest BCUT2D eigenvalue weighted by Crippen LogP contribution is 2.42. The summed E-state index contributed by atoms with van der Waals surface area (Å²) in [5, 5.41) is 4.88. The average molecular weight is 425 g/mol. The van der Waals surface area contributed by atoms with Gasteiger partial charge < -0.3 is 0 Å². The molecule has 164 valence electrons. The summed E-state index contributed by atoms with van der Waals surface area (Å²) in [5.74, 6) is 0.111. The van der Waals surface area contributed by atoms with Gasteiger partial charge in [0.15, 0.2) is 5.78 Å². The third-order valence-electron chi connectivity index (χ3n) is 6.15. The first-order chi connectivity index (χ1) is 13.6. The van der Waals surface area contributed by atoms with Gasteiger partial charge in [0.1, 0.15) is 0 Å². The first-order valence-corrected chi connectivity index (χ1v) is 12.3. The maximum atomic E-state index is 13.1. The minimum atomic E-state index is -3.55. The first-order valence-electron chi connectivity index (χ1n) is 10.9. The van der Waals surface area contributed by atoms with Crippen molar-refractivity contribution in [2.75, 3.05) is 20.6 Å². The van der Waals surface area contributed by atoms with Gasteiger partial charge in [0, 0.05) is 33.6 Å². The smallest absolute Gasteiger partial charge is 0.282 e. The molecule has 1 atom stereocenters. The predicted molar refractivity (Wildman–Crippen MR) is 114 cm³/mol. The number of nitrogens with zero attached hydrogens (tertiary/aromatic N) is 4. The van der Waals surface area contributed by atoms with E-state index in [0.717, 1.165) is 37.9 Å². The fraction of sp³-hybridized carbons (Fsp3) is 0.810. The number of carbonyl (C=O) groups excluding carboxylic acids is 1. The molecule has 3 rings (SSSR count). The van der Waals surface area contributed by atoms with Gasteiger partial charge in [-0.3, -0.25) is 9.48 Å². The zero-order valence-electron chi connectivity index (χ0n) is 18.6. The lowest BCUT2D eigenvalue weighted by atomic mass is 9.75. The van der Waals surface area contributed by atoms with Crippen LogP contribution in [0.5, 0.6) is 0 Å². The summed E-state index contributed by atoms with van der Waals surface area (Å²) < 4.78 is 30.5. The molecule has 29 heavy (non-hydrogen) atoms. The summed E-state index contributed by atoms with van der Waals surface area (Å²) in [6.45, 7) is 7.71. The Bertz CT molecular complexity index is 858. The number of fused-ring (bicyclic) bond motifs is 1. The quantitative estimate of drug-likeness (QED) is 0.598. The fourth-order valence-electron chi connectivity index (χ4n) is 4.65. The Balaban J connectivity index is 2.01. The van der Waals surface area contributed by atoms with Crippen molar-refractivity contribution in [1.29, 1.82) is 0 Å². The molecule has 7 nitrogen and oxygen atoms in total. The molecular formula is C21H36N4O3S. The Kier molecular flexibility index (Phi) is 6.56. The van der Waals surface area contributed by atoms with Crippen molar-refractivity contribution in [2.45, 2.75) is 84.7 Å². The average Bonchev–Trinajstić information content (AvgIpc) is 3.23. The lowest BCUT2D eigenvalue weighted by molar-refractivity contribution is 0.0907. The second kappa shape index (κ2) is 8.47. The van der Waals surface area contributed by atoms with Gasteiger partial charge in [0.2, 0.25) is 0 Å². The normalized spacial score (nSPS) is 22.4. The van der Waals surface area contributed by atoms with Crippen LogP contribution >= 0.6 is 0 Å². The maximum absolute atomic E-state index is 13.1. The second-order valence-corrected chi connectivity index (χ2v) is 11.6. The molecule has 1 saturated heterocycles. The van der Waals surface area contributed by atoms with Crippen LogP contribution < -0.4 is 0 Å². The summed E-state index contributed by atoms with van der Waals surface area (Å²) >= 11 is 0. The lowest BCUT2D eigenvalue weighted by Gasteiger charge is -2.30. The van der Waals surface area contributed by atoms with E-state index in [1.807, 2.05) is 4.68 Å². The van der Waals surface area contributed by atoms with Gasteiger partial charge in [-0.15, -0.1) is 0 Å². The standard InChI is InChI=1S/C21H36N4O3S/c1-6-7-8-9-12-24-17-14-21(2,3)15-18(26)19(17)20(22-24)16-11-10-13-25(16)29(27,28)23(4)5/h16H,6-15H2,1-5H3/t16-/m1/s1. The van der Waals surface area contributed by atoms with E-state index in [0.29, 0.717) is 30.6 Å². The van der Waals surface area contributed by atoms with E-state index in [1.165, 1.54) is 21.5 Å². The molecule has 1 aliphatic carbocycles. The van der Waals surface area contributed by atoms with Gasteiger partial charge in [-0.25, -0.2) is 0 Å². The number of hydrogen-bond donors (Lipinski definition) is 0. The molecule has 2 aliphatic rings. The monoisotopic (exact) mass is 424 g/mol. The zero-order valence-corrected chi connectivity index (χ0v) is 19.4. The van der Waals surface area contributed by atoms with Crippen LogP contribution in [0.1, 0.15) is 93.5 Å². The van der Waals surface area contributed by atoms with Crippen molar-refractivity contribution in [3.63, 3.8) is 0 Å². The second-order valence-electron chi connectivity index (χ2n) is 9.49. The molecule has 8 heteroatoms. The SMILES string of the molecule is CCCCCCn1nc([C@H]2CCCN2S(=O)(=O)N(C)C)c2c1CC(C)(C)CC2=O. The molecule has 1 fully saturated rings. The number of hydrogen-bond acceptors (Lipinski definition) is 4. The fourth-order valence-corrected chi connectivity index (χ4v) is 5.95. The third kappa shape index (κ3) is 4.44. The maximum Gasteiger partial charge on any atom is 0.282 e. The molecule has 0 radical (unpaired) electrons. The van der Waals surface area contributed by atoms with Gasteiger partial charge in [-0.2, -0.15) is 22.1 Å². The van der Waals surface area contributed by atoms with E-state index in [-0.39, 0.29) is 17.2 Å². The number of Topliss-reactive ketones (excluding diaryl/α,β-unsaturated/α-hetero) is 1. The number of aryl methyl sites for hydroxylation is 1. The predicted octanol–water partition coefficient (Wildman–Crippen LogP) is 3.56. The Morgan fingerprint density at radius 1 is 1.17 bits per heavy atom.